The maximum absolute atomic E-state index is 11.4. The number of carboxylic acid groups (broad SMARTS) is 1. The van der Waals surface area contributed by atoms with Gasteiger partial charge < -0.3 is 15.2 Å². The average molecular weight is 298 g/mol. The number of aromatic nitrogens is 1. The minimum atomic E-state index is -0.761. The van der Waals surface area contributed by atoms with Crippen LogP contribution in [0.5, 0.6) is 5.88 Å². The topological polar surface area (TPSA) is 71.5 Å². The van der Waals surface area contributed by atoms with Crippen LogP contribution in [0, 0.1) is 0 Å². The summed E-state index contributed by atoms with van der Waals surface area (Å²) in [7, 11) is 1.59. The van der Waals surface area contributed by atoms with Crippen LogP contribution < -0.4 is 10.1 Å². The summed E-state index contributed by atoms with van der Waals surface area (Å²) in [6, 6.07) is 11.6. The van der Waals surface area contributed by atoms with Crippen LogP contribution in [-0.4, -0.2) is 23.2 Å². The third-order valence-corrected chi connectivity index (χ3v) is 4.08. The van der Waals surface area contributed by atoms with Crippen LogP contribution in [0.4, 0.5) is 0 Å². The Labute approximate surface area is 129 Å². The lowest BCUT2D eigenvalue weighted by Crippen LogP contribution is -2.19. The van der Waals surface area contributed by atoms with E-state index in [9.17, 15) is 9.90 Å². The number of hydrogen-bond acceptors (Lipinski definition) is 4. The maximum atomic E-state index is 11.4. The second-order valence-electron chi connectivity index (χ2n) is 5.40. The Kier molecular flexibility index (Phi) is 4.06. The van der Waals surface area contributed by atoms with E-state index in [1.807, 2.05) is 36.4 Å². The van der Waals surface area contributed by atoms with Crippen molar-refractivity contribution in [3.05, 3.63) is 59.3 Å². The molecule has 5 heteroatoms. The van der Waals surface area contributed by atoms with Crippen molar-refractivity contribution in [3.63, 3.8) is 0 Å². The Morgan fingerprint density at radius 3 is 2.73 bits per heavy atom. The molecule has 0 aliphatic heterocycles. The van der Waals surface area contributed by atoms with Gasteiger partial charge in [0.05, 0.1) is 13.0 Å². The molecule has 5 nitrogen and oxygen atoms in total. The van der Waals surface area contributed by atoms with Crippen molar-refractivity contribution in [1.82, 2.24) is 10.3 Å². The number of pyridine rings is 1. The third kappa shape index (κ3) is 2.80. The molecule has 1 aromatic heterocycles. The van der Waals surface area contributed by atoms with Gasteiger partial charge in [-0.3, -0.25) is 4.79 Å². The summed E-state index contributed by atoms with van der Waals surface area (Å²) in [5, 5.41) is 12.8. The quantitative estimate of drug-likeness (QED) is 0.887. The predicted octanol–water partition coefficient (Wildman–Crippen LogP) is 2.49. The standard InChI is InChI=1S/C17H18N2O3/c1-22-16-7-6-11(10-19-16)9-18-15-8-14(17(20)21)12-4-2-3-5-13(12)15/h2-7,10,14-15,18H,8-9H2,1H3,(H,20,21)/t14-,15+/m0/s1. The van der Waals surface area contributed by atoms with E-state index < -0.39 is 11.9 Å². The number of aliphatic carboxylic acids is 1. The minimum Gasteiger partial charge on any atom is -0.481 e. The zero-order valence-corrected chi connectivity index (χ0v) is 12.3. The molecular weight excluding hydrogens is 280 g/mol. The molecular formula is C17H18N2O3. The van der Waals surface area contributed by atoms with Crippen LogP contribution in [0.15, 0.2) is 42.6 Å². The first-order valence-electron chi connectivity index (χ1n) is 7.23. The molecule has 2 aromatic rings. The summed E-state index contributed by atoms with van der Waals surface area (Å²) in [4.78, 5) is 15.6. The van der Waals surface area contributed by atoms with Gasteiger partial charge in [-0.25, -0.2) is 4.98 Å². The van der Waals surface area contributed by atoms with E-state index in [2.05, 4.69) is 10.3 Å². The largest absolute Gasteiger partial charge is 0.481 e. The van der Waals surface area contributed by atoms with Crippen LogP contribution >= 0.6 is 0 Å². The molecule has 0 radical (unpaired) electrons. The van der Waals surface area contributed by atoms with E-state index in [0.717, 1.165) is 16.7 Å². The van der Waals surface area contributed by atoms with Gasteiger partial charge in [-0.1, -0.05) is 30.3 Å². The van der Waals surface area contributed by atoms with Gasteiger partial charge in [-0.05, 0) is 23.1 Å². The number of methoxy groups -OCH3 is 1. The van der Waals surface area contributed by atoms with Gasteiger partial charge in [-0.15, -0.1) is 0 Å². The number of nitrogens with one attached hydrogen (secondary N) is 1. The van der Waals surface area contributed by atoms with Crippen LogP contribution in [0.2, 0.25) is 0 Å². The van der Waals surface area contributed by atoms with Gasteiger partial charge in [0, 0.05) is 24.8 Å². The lowest BCUT2D eigenvalue weighted by molar-refractivity contribution is -0.138. The van der Waals surface area contributed by atoms with Crippen LogP contribution in [0.1, 0.15) is 35.1 Å². The van der Waals surface area contributed by atoms with Crippen LogP contribution in [-0.2, 0) is 11.3 Å². The third-order valence-electron chi connectivity index (χ3n) is 4.08. The number of carbonyl (C=O) groups is 1. The van der Waals surface area contributed by atoms with Gasteiger partial charge >= 0.3 is 5.97 Å². The molecule has 3 rings (SSSR count). The number of rotatable bonds is 5. The van der Waals surface area contributed by atoms with Crippen molar-refractivity contribution < 1.29 is 14.6 Å². The van der Waals surface area contributed by atoms with E-state index in [0.29, 0.717) is 18.8 Å². The van der Waals surface area contributed by atoms with Gasteiger partial charge in [0.15, 0.2) is 0 Å². The van der Waals surface area contributed by atoms with Gasteiger partial charge in [0.2, 0.25) is 5.88 Å². The van der Waals surface area contributed by atoms with Crippen molar-refractivity contribution in [2.75, 3.05) is 7.11 Å². The lowest BCUT2D eigenvalue weighted by atomic mass is 10.0. The summed E-state index contributed by atoms with van der Waals surface area (Å²) in [5.41, 5.74) is 3.04. The highest BCUT2D eigenvalue weighted by molar-refractivity contribution is 5.78. The molecule has 0 unspecified atom stereocenters. The number of carboxylic acids is 1. The lowest BCUT2D eigenvalue weighted by Gasteiger charge is -2.14. The Hall–Kier alpha value is -2.40. The average Bonchev–Trinajstić information content (AvgIpc) is 2.92. The van der Waals surface area contributed by atoms with Crippen LogP contribution in [0.3, 0.4) is 0 Å². The summed E-state index contributed by atoms with van der Waals surface area (Å²) in [6.07, 6.45) is 2.35. The molecule has 1 aliphatic rings. The van der Waals surface area contributed by atoms with E-state index in [1.165, 1.54) is 0 Å². The number of fused-ring (bicyclic) bond motifs is 1. The van der Waals surface area contributed by atoms with Crippen molar-refractivity contribution in [2.45, 2.75) is 24.9 Å². The van der Waals surface area contributed by atoms with Gasteiger partial charge in [-0.2, -0.15) is 0 Å². The second-order valence-corrected chi connectivity index (χ2v) is 5.40. The smallest absolute Gasteiger partial charge is 0.311 e. The fourth-order valence-electron chi connectivity index (χ4n) is 2.94. The highest BCUT2D eigenvalue weighted by Gasteiger charge is 2.34. The van der Waals surface area contributed by atoms with E-state index >= 15 is 0 Å². The van der Waals surface area contributed by atoms with Crippen LogP contribution in [0.25, 0.3) is 0 Å². The minimum absolute atomic E-state index is 0.0550. The molecule has 1 heterocycles. The van der Waals surface area contributed by atoms with Crippen molar-refractivity contribution >= 4 is 5.97 Å². The first-order valence-corrected chi connectivity index (χ1v) is 7.23. The molecule has 0 fully saturated rings. The number of benzene rings is 1. The first kappa shape index (κ1) is 14.5. The molecule has 0 saturated heterocycles. The molecule has 114 valence electrons. The molecule has 2 atom stereocenters. The SMILES string of the molecule is COc1ccc(CN[C@@H]2C[C@H](C(=O)O)c3ccccc32)cn1. The summed E-state index contributed by atoms with van der Waals surface area (Å²) < 4.78 is 5.04. The van der Waals surface area contributed by atoms with E-state index in [1.54, 1.807) is 13.3 Å². The Morgan fingerprint density at radius 2 is 2.09 bits per heavy atom. The zero-order valence-electron chi connectivity index (χ0n) is 12.3. The zero-order chi connectivity index (χ0) is 15.5. The fourth-order valence-corrected chi connectivity index (χ4v) is 2.94. The monoisotopic (exact) mass is 298 g/mol. The predicted molar refractivity (Wildman–Crippen MR) is 81.8 cm³/mol. The van der Waals surface area contributed by atoms with E-state index in [4.69, 9.17) is 4.74 Å². The van der Waals surface area contributed by atoms with E-state index in [-0.39, 0.29) is 6.04 Å². The fraction of sp³-hybridized carbons (Fsp3) is 0.294. The summed E-state index contributed by atoms with van der Waals surface area (Å²) >= 11 is 0. The number of hydrogen-bond donors (Lipinski definition) is 2. The Morgan fingerprint density at radius 1 is 1.32 bits per heavy atom. The van der Waals surface area contributed by atoms with Crippen molar-refractivity contribution in [1.29, 1.82) is 0 Å². The highest BCUT2D eigenvalue weighted by Crippen LogP contribution is 2.40. The molecule has 1 aromatic carbocycles. The number of ether oxygens (including phenoxy) is 1. The molecule has 0 spiro atoms. The summed E-state index contributed by atoms with van der Waals surface area (Å²) in [6.45, 7) is 0.641. The Bertz CT molecular complexity index is 670. The van der Waals surface area contributed by atoms with Gasteiger partial charge in [0.25, 0.3) is 0 Å². The molecule has 0 amide bonds. The molecule has 0 saturated carbocycles. The normalized spacial score (nSPS) is 19.7. The molecule has 22 heavy (non-hydrogen) atoms. The van der Waals surface area contributed by atoms with Crippen molar-refractivity contribution in [2.24, 2.45) is 0 Å². The first-order chi connectivity index (χ1) is 10.7. The summed E-state index contributed by atoms with van der Waals surface area (Å²) in [5.74, 6) is -0.605. The second kappa shape index (κ2) is 6.15. The maximum Gasteiger partial charge on any atom is 0.311 e. The van der Waals surface area contributed by atoms with Gasteiger partial charge in [0.1, 0.15) is 0 Å². The molecule has 1 aliphatic carbocycles. The highest BCUT2D eigenvalue weighted by atomic mass is 16.5. The van der Waals surface area contributed by atoms with Crippen molar-refractivity contribution in [3.8, 4) is 5.88 Å². The Balaban J connectivity index is 1.72. The molecule has 0 bridgehead atoms. The number of nitrogens with zero attached hydrogens (tertiary/aromatic N) is 1. The molecule has 2 N–H and O–H groups in total.